The first-order valence-corrected chi connectivity index (χ1v) is 34.8. The minimum Gasteiger partial charge on any atom is -0.505 e. The maximum absolute atomic E-state index is 12.7. The van der Waals surface area contributed by atoms with E-state index >= 15 is 0 Å². The molecule has 0 aliphatic rings. The molecule has 0 fully saturated rings. The van der Waals surface area contributed by atoms with Crippen molar-refractivity contribution < 1.29 is 88.0 Å². The van der Waals surface area contributed by atoms with E-state index in [1.807, 2.05) is 0 Å². The zero-order valence-electron chi connectivity index (χ0n) is 45.9. The molecule has 2 aromatic heterocycles. The second-order valence-corrected chi connectivity index (χ2v) is 28.4. The molecule has 42 heteroatoms. The van der Waals surface area contributed by atoms with E-state index in [0.29, 0.717) is 11.4 Å². The number of hydrogen-bond acceptors (Lipinski definition) is 28. The number of halogens is 2. The van der Waals surface area contributed by atoms with Gasteiger partial charge in [0.25, 0.3) is 60.7 Å². The van der Waals surface area contributed by atoms with Crippen LogP contribution in [0.25, 0.3) is 43.1 Å². The molecule has 12 N–H and O–H groups in total. The number of fused-ring (bicyclic) bond motifs is 4. The Balaban J connectivity index is 0.848. The molecule has 0 unspecified atom stereocenters. The van der Waals surface area contributed by atoms with E-state index < -0.39 is 124 Å². The summed E-state index contributed by atoms with van der Waals surface area (Å²) < 4.78 is 209. The molecule has 34 nitrogen and oxygen atoms in total. The van der Waals surface area contributed by atoms with Gasteiger partial charge in [-0.15, -0.1) is 10.2 Å². The maximum Gasteiger partial charge on any atom is 0.296 e. The zero-order chi connectivity index (χ0) is 67.8. The number of aromatic nitrogens is 6. The molecule has 11 rings (SSSR count). The fraction of sp³-hybridized carbons (Fsp3) is 0. The topological polar surface area (TPSA) is 542 Å². The minimum absolute atomic E-state index is 0.0283. The molecule has 0 amide bonds. The lowest BCUT2D eigenvalue weighted by molar-refractivity contribution is 0.472. The van der Waals surface area contributed by atoms with Gasteiger partial charge in [-0.1, -0.05) is 42.5 Å². The molecule has 0 saturated carbocycles. The molecule has 0 aliphatic heterocycles. The number of nitrogens with one attached hydrogen (secondary N) is 4. The van der Waals surface area contributed by atoms with Gasteiger partial charge in [0.05, 0.1) is 27.6 Å². The van der Waals surface area contributed by atoms with Gasteiger partial charge in [-0.25, -0.2) is 0 Å². The summed E-state index contributed by atoms with van der Waals surface area (Å²) in [7, 11) is -30.3. The van der Waals surface area contributed by atoms with Gasteiger partial charge in [0.1, 0.15) is 35.9 Å². The molecule has 94 heavy (non-hydrogen) atoms. The van der Waals surface area contributed by atoms with Crippen molar-refractivity contribution in [1.82, 2.24) is 29.9 Å². The van der Waals surface area contributed by atoms with Crippen molar-refractivity contribution in [3.63, 3.8) is 0 Å². The highest BCUT2D eigenvalue weighted by Crippen LogP contribution is 2.47. The molecule has 482 valence electrons. The third-order valence-corrected chi connectivity index (χ3v) is 18.9. The molecule has 2 heterocycles. The van der Waals surface area contributed by atoms with Crippen LogP contribution in [-0.4, -0.2) is 118 Å². The molecule has 0 aliphatic carbocycles. The van der Waals surface area contributed by atoms with Gasteiger partial charge in [-0.3, -0.25) is 27.3 Å². The fourth-order valence-electron chi connectivity index (χ4n) is 9.42. The van der Waals surface area contributed by atoms with Crippen molar-refractivity contribution in [2.24, 2.45) is 20.5 Å². The van der Waals surface area contributed by atoms with E-state index in [-0.39, 0.29) is 89.5 Å². The summed E-state index contributed by atoms with van der Waals surface area (Å²) >= 11 is 12.6. The number of azo groups is 2. The van der Waals surface area contributed by atoms with E-state index in [0.717, 1.165) is 84.9 Å². The van der Waals surface area contributed by atoms with Crippen LogP contribution in [0.5, 0.6) is 11.5 Å². The van der Waals surface area contributed by atoms with E-state index in [2.05, 4.69) is 71.6 Å². The smallest absolute Gasteiger partial charge is 0.296 e. The van der Waals surface area contributed by atoms with Crippen LogP contribution < -0.4 is 21.3 Å². The summed E-state index contributed by atoms with van der Waals surface area (Å²) in [5.74, 6) is -2.68. The summed E-state index contributed by atoms with van der Waals surface area (Å²) in [6.07, 6.45) is 0. The van der Waals surface area contributed by atoms with Crippen molar-refractivity contribution in [2.45, 2.75) is 29.4 Å². The first-order valence-electron chi connectivity index (χ1n) is 25.4. The highest BCUT2D eigenvalue weighted by Gasteiger charge is 2.27. The van der Waals surface area contributed by atoms with Crippen LogP contribution in [0.15, 0.2) is 183 Å². The Labute approximate surface area is 537 Å². The van der Waals surface area contributed by atoms with E-state index in [1.54, 1.807) is 0 Å². The molecule has 0 atom stereocenters. The van der Waals surface area contributed by atoms with Crippen molar-refractivity contribution in [2.75, 3.05) is 21.3 Å². The van der Waals surface area contributed by atoms with Crippen LogP contribution in [0.2, 0.25) is 10.6 Å². The standard InChI is InChI=1S/C52H34Cl2N14O20S6/c53-47-59-49(63-51(61-47)57-34-7-1-4-23-17-41(94(86,87)88)44(46(70)42(23)34)68-66-28-19-33-31(40(21-28)93(83,84)85)6-3-9-38(33)91(77,78)79)55-25-11-13-26(14-12-25)56-50-60-48(54)62-52(64-50)58-36-22-29(89(71,72)73)16-24-10-15-35(45(69)43(24)36)67-65-27-18-32-30(39(20-27)92(80,81)82)5-2-8-37(32)90(74,75)76/h1-22,69-70H,(H,71,72,73)(H,74,75,76)(H,77,78,79)(H,80,81,82)(H,83,84,85)(H,86,87,88)(H2,55,57,59,61,63)(H2,56,58,60,62,64). The molecule has 0 spiro atoms. The van der Waals surface area contributed by atoms with Crippen LogP contribution in [-0.2, 0) is 60.7 Å². The van der Waals surface area contributed by atoms with Gasteiger partial charge in [0, 0.05) is 43.7 Å². The average molecular weight is 1440 g/mol. The summed E-state index contributed by atoms with van der Waals surface area (Å²) in [4.78, 5) is 20.0. The molecule has 0 saturated heterocycles. The van der Waals surface area contributed by atoms with Crippen LogP contribution in [0.1, 0.15) is 0 Å². The van der Waals surface area contributed by atoms with Gasteiger partial charge in [0.15, 0.2) is 11.5 Å². The van der Waals surface area contributed by atoms with Gasteiger partial charge >= 0.3 is 0 Å². The van der Waals surface area contributed by atoms with Gasteiger partial charge in [0.2, 0.25) is 34.4 Å². The normalized spacial score (nSPS) is 12.8. The van der Waals surface area contributed by atoms with Gasteiger partial charge in [-0.05, 0) is 125 Å². The number of phenolic OH excluding ortho intramolecular Hbond substituents is 2. The van der Waals surface area contributed by atoms with Crippen LogP contribution in [0.3, 0.4) is 0 Å². The van der Waals surface area contributed by atoms with E-state index in [9.17, 15) is 88.0 Å². The SMILES string of the molecule is O=S(=O)(O)c1cc(Nc2nc(Cl)nc(Nc3ccc(Nc4nc(Cl)nc(Nc5cccc6cc(S(=O)(=O)O)c(N=Nc7cc(S(=O)(=O)O)c8cccc(S(=O)(=O)O)c8c7)c(O)c56)n4)cc3)n2)c2c(O)c(N=Nc3cc(S(=O)(=O)O)c4cccc(S(=O)(=O)O)c4c3)ccc2c1. The third kappa shape index (κ3) is 13.9. The molecular weight excluding hydrogens is 1400 g/mol. The van der Waals surface area contributed by atoms with Crippen molar-refractivity contribution in [3.05, 3.63) is 144 Å². The summed E-state index contributed by atoms with van der Waals surface area (Å²) in [5, 5.41) is 47.6. The predicted molar refractivity (Wildman–Crippen MR) is 336 cm³/mol. The zero-order valence-corrected chi connectivity index (χ0v) is 52.3. The lowest BCUT2D eigenvalue weighted by Crippen LogP contribution is -2.06. The molecule has 9 aromatic carbocycles. The van der Waals surface area contributed by atoms with E-state index in [4.69, 9.17) is 23.2 Å². The van der Waals surface area contributed by atoms with E-state index in [1.165, 1.54) is 48.5 Å². The number of rotatable bonds is 18. The van der Waals surface area contributed by atoms with Crippen molar-refractivity contribution >= 4 is 196 Å². The lowest BCUT2D eigenvalue weighted by Gasteiger charge is -2.14. The maximum atomic E-state index is 12.7. The Hall–Kier alpha value is -9.92. The predicted octanol–water partition coefficient (Wildman–Crippen LogP) is 10.7. The largest absolute Gasteiger partial charge is 0.505 e. The number of aromatic hydroxyl groups is 2. The second kappa shape index (κ2) is 24.2. The highest BCUT2D eigenvalue weighted by atomic mass is 35.5. The summed E-state index contributed by atoms with van der Waals surface area (Å²) in [5.41, 5.74) is -1.89. The summed E-state index contributed by atoms with van der Waals surface area (Å²) in [6.45, 7) is 0. The molecule has 0 bridgehead atoms. The molecule has 11 aromatic rings. The highest BCUT2D eigenvalue weighted by molar-refractivity contribution is 7.87. The monoisotopic (exact) mass is 1440 g/mol. The first kappa shape index (κ1) is 65.6. The van der Waals surface area contributed by atoms with Crippen LogP contribution in [0, 0.1) is 0 Å². The first-order chi connectivity index (χ1) is 44.0. The Morgan fingerprint density at radius 3 is 1.24 bits per heavy atom. The van der Waals surface area contributed by atoms with Gasteiger partial charge < -0.3 is 31.5 Å². The fourth-order valence-corrected chi connectivity index (χ4v) is 13.8. The molecule has 0 radical (unpaired) electrons. The number of hydrogen-bond donors (Lipinski definition) is 12. The van der Waals surface area contributed by atoms with Crippen molar-refractivity contribution in [3.8, 4) is 11.5 Å². The number of anilines is 8. The molecular formula is C52H34Cl2N14O20S6. The Kier molecular flexibility index (Phi) is 16.9. The number of phenols is 2. The Morgan fingerprint density at radius 1 is 0.351 bits per heavy atom. The second-order valence-electron chi connectivity index (χ2n) is 19.4. The summed E-state index contributed by atoms with van der Waals surface area (Å²) in [6, 6.07) is 25.3. The van der Waals surface area contributed by atoms with Gasteiger partial charge in [-0.2, -0.15) is 90.6 Å². The Morgan fingerprint density at radius 2 is 0.777 bits per heavy atom. The average Bonchev–Trinajstić information content (AvgIpc) is 0.779. The number of benzene rings is 9. The van der Waals surface area contributed by atoms with Crippen molar-refractivity contribution in [1.29, 1.82) is 0 Å². The lowest BCUT2D eigenvalue weighted by atomic mass is 10.1. The van der Waals surface area contributed by atoms with Crippen LogP contribution in [0.4, 0.5) is 69.3 Å². The Bertz CT molecular complexity index is 5890. The van der Waals surface area contributed by atoms with Crippen LogP contribution >= 0.6 is 23.2 Å². The number of nitrogens with zero attached hydrogens (tertiary/aromatic N) is 10. The third-order valence-electron chi connectivity index (χ3n) is 13.3. The minimum atomic E-state index is -5.24. The quantitative estimate of drug-likeness (QED) is 0.0280.